The third kappa shape index (κ3) is 5.53. The Kier molecular flexibility index (Phi) is 6.82. The fourth-order valence-corrected chi connectivity index (χ4v) is 2.60. The molecule has 3 heteroatoms. The van der Waals surface area contributed by atoms with Crippen LogP contribution < -0.4 is 5.32 Å². The molecule has 0 fully saturated rings. The van der Waals surface area contributed by atoms with Crippen molar-refractivity contribution in [3.05, 3.63) is 60.2 Å². The van der Waals surface area contributed by atoms with Gasteiger partial charge in [0.2, 0.25) is 0 Å². The summed E-state index contributed by atoms with van der Waals surface area (Å²) in [4.78, 5) is 11.4. The van der Waals surface area contributed by atoms with Crippen molar-refractivity contribution in [1.82, 2.24) is 5.32 Å². The number of hydrogen-bond donors (Lipinski definition) is 2. The molecule has 0 saturated carbocycles. The number of carboxylic acid groups (broad SMARTS) is 1. The molecule has 0 aromatic heterocycles. The summed E-state index contributed by atoms with van der Waals surface area (Å²) >= 11 is 0. The number of carboxylic acids is 1. The molecule has 2 aromatic rings. The van der Waals surface area contributed by atoms with Crippen LogP contribution in [-0.2, 0) is 11.2 Å². The molecule has 23 heavy (non-hydrogen) atoms. The van der Waals surface area contributed by atoms with Crippen LogP contribution in [0, 0.1) is 0 Å². The molecule has 0 aliphatic rings. The van der Waals surface area contributed by atoms with Gasteiger partial charge < -0.3 is 10.4 Å². The Bertz CT molecular complexity index is 593. The topological polar surface area (TPSA) is 49.3 Å². The fourth-order valence-electron chi connectivity index (χ4n) is 2.60. The van der Waals surface area contributed by atoms with Crippen molar-refractivity contribution >= 4 is 5.97 Å². The number of unbranched alkanes of at least 4 members (excludes halogenated alkanes) is 2. The first-order chi connectivity index (χ1) is 11.2. The van der Waals surface area contributed by atoms with Gasteiger partial charge in [-0.25, -0.2) is 0 Å². The van der Waals surface area contributed by atoms with E-state index in [9.17, 15) is 9.90 Å². The summed E-state index contributed by atoms with van der Waals surface area (Å²) in [5.41, 5.74) is 3.36. The summed E-state index contributed by atoms with van der Waals surface area (Å²) in [6.45, 7) is 2.90. The van der Waals surface area contributed by atoms with Crippen molar-refractivity contribution in [2.45, 2.75) is 38.6 Å². The maximum absolute atomic E-state index is 11.4. The van der Waals surface area contributed by atoms with Gasteiger partial charge in [0.05, 0.1) is 0 Å². The molecule has 2 aromatic carbocycles. The van der Waals surface area contributed by atoms with E-state index in [1.165, 1.54) is 5.56 Å². The number of aliphatic carboxylic acids is 1. The Morgan fingerprint density at radius 1 is 1.00 bits per heavy atom. The van der Waals surface area contributed by atoms with Gasteiger partial charge in [-0.2, -0.15) is 0 Å². The minimum atomic E-state index is -0.784. The van der Waals surface area contributed by atoms with Crippen LogP contribution in [0.3, 0.4) is 0 Å². The van der Waals surface area contributed by atoms with E-state index in [0.29, 0.717) is 6.42 Å². The highest BCUT2D eigenvalue weighted by atomic mass is 16.4. The number of benzene rings is 2. The lowest BCUT2D eigenvalue weighted by atomic mass is 10.0. The number of nitrogens with one attached hydrogen (secondary N) is 1. The van der Waals surface area contributed by atoms with Crippen LogP contribution in [0.25, 0.3) is 11.1 Å². The summed E-state index contributed by atoms with van der Waals surface area (Å²) in [5.74, 6) is -0.784. The largest absolute Gasteiger partial charge is 0.480 e. The molecule has 2 rings (SSSR count). The van der Waals surface area contributed by atoms with Crippen LogP contribution in [0.5, 0.6) is 0 Å². The van der Waals surface area contributed by atoms with E-state index in [4.69, 9.17) is 0 Å². The molecule has 0 aliphatic carbocycles. The molecule has 0 amide bonds. The maximum Gasteiger partial charge on any atom is 0.321 e. The van der Waals surface area contributed by atoms with Gasteiger partial charge in [-0.05, 0) is 36.1 Å². The minimum absolute atomic E-state index is 0.510. The van der Waals surface area contributed by atoms with Crippen molar-refractivity contribution in [2.24, 2.45) is 0 Å². The SMILES string of the molecule is CCCCCN[C@@H](Cc1ccc(-c2ccccc2)cc1)C(=O)O. The Balaban J connectivity index is 1.96. The number of hydrogen-bond acceptors (Lipinski definition) is 2. The van der Waals surface area contributed by atoms with Crippen LogP contribution in [0.2, 0.25) is 0 Å². The van der Waals surface area contributed by atoms with Gasteiger partial charge in [0.1, 0.15) is 6.04 Å². The van der Waals surface area contributed by atoms with E-state index in [1.54, 1.807) is 0 Å². The van der Waals surface area contributed by atoms with Gasteiger partial charge in [0.25, 0.3) is 0 Å². The zero-order valence-electron chi connectivity index (χ0n) is 13.7. The number of rotatable bonds is 9. The summed E-state index contributed by atoms with van der Waals surface area (Å²) in [6, 6.07) is 17.8. The highest BCUT2D eigenvalue weighted by Crippen LogP contribution is 2.19. The summed E-state index contributed by atoms with van der Waals surface area (Å²) in [5, 5.41) is 12.5. The lowest BCUT2D eigenvalue weighted by molar-refractivity contribution is -0.139. The Labute approximate surface area is 138 Å². The molecular formula is C20H25NO2. The normalized spacial score (nSPS) is 12.0. The average molecular weight is 311 g/mol. The predicted octanol–water partition coefficient (Wildman–Crippen LogP) is 4.13. The van der Waals surface area contributed by atoms with Crippen LogP contribution in [0.1, 0.15) is 31.7 Å². The molecule has 2 N–H and O–H groups in total. The molecule has 0 unspecified atom stereocenters. The molecule has 0 spiro atoms. The van der Waals surface area contributed by atoms with Gasteiger partial charge in [-0.15, -0.1) is 0 Å². The predicted molar refractivity (Wildman–Crippen MR) is 94.5 cm³/mol. The highest BCUT2D eigenvalue weighted by molar-refractivity contribution is 5.74. The van der Waals surface area contributed by atoms with E-state index in [1.807, 2.05) is 30.3 Å². The van der Waals surface area contributed by atoms with Gasteiger partial charge in [-0.3, -0.25) is 4.79 Å². The first-order valence-electron chi connectivity index (χ1n) is 8.31. The third-order valence-corrected chi connectivity index (χ3v) is 3.97. The van der Waals surface area contributed by atoms with Crippen LogP contribution >= 0.6 is 0 Å². The molecular weight excluding hydrogens is 286 g/mol. The molecule has 3 nitrogen and oxygen atoms in total. The molecule has 0 saturated heterocycles. The molecule has 0 aliphatic heterocycles. The maximum atomic E-state index is 11.4. The zero-order chi connectivity index (χ0) is 16.5. The van der Waals surface area contributed by atoms with Crippen molar-refractivity contribution in [2.75, 3.05) is 6.54 Å². The van der Waals surface area contributed by atoms with Crippen molar-refractivity contribution < 1.29 is 9.90 Å². The quantitative estimate of drug-likeness (QED) is 0.685. The van der Waals surface area contributed by atoms with Crippen molar-refractivity contribution in [1.29, 1.82) is 0 Å². The molecule has 0 radical (unpaired) electrons. The summed E-state index contributed by atoms with van der Waals surface area (Å²) in [7, 11) is 0. The second-order valence-corrected chi connectivity index (χ2v) is 5.82. The Morgan fingerprint density at radius 3 is 2.26 bits per heavy atom. The number of carbonyl (C=O) groups is 1. The molecule has 122 valence electrons. The van der Waals surface area contributed by atoms with E-state index in [-0.39, 0.29) is 0 Å². The van der Waals surface area contributed by atoms with E-state index < -0.39 is 12.0 Å². The van der Waals surface area contributed by atoms with Crippen molar-refractivity contribution in [3.63, 3.8) is 0 Å². The first kappa shape index (κ1) is 17.2. The summed E-state index contributed by atoms with van der Waals surface area (Å²) < 4.78 is 0. The van der Waals surface area contributed by atoms with Gasteiger partial charge in [0.15, 0.2) is 0 Å². The second kappa shape index (κ2) is 9.11. The molecule has 0 bridgehead atoms. The third-order valence-electron chi connectivity index (χ3n) is 3.97. The standard InChI is InChI=1S/C20H25NO2/c1-2-3-7-14-21-19(20(22)23)15-16-10-12-18(13-11-16)17-8-5-4-6-9-17/h4-6,8-13,19,21H,2-3,7,14-15H2,1H3,(H,22,23)/t19-/m0/s1. The first-order valence-corrected chi connectivity index (χ1v) is 8.31. The van der Waals surface area contributed by atoms with E-state index in [0.717, 1.165) is 36.9 Å². The summed E-state index contributed by atoms with van der Waals surface area (Å²) in [6.07, 6.45) is 3.80. The molecule has 0 heterocycles. The Morgan fingerprint density at radius 2 is 1.65 bits per heavy atom. The Hall–Kier alpha value is -2.13. The van der Waals surface area contributed by atoms with Crippen LogP contribution in [-0.4, -0.2) is 23.7 Å². The minimum Gasteiger partial charge on any atom is -0.480 e. The van der Waals surface area contributed by atoms with E-state index in [2.05, 4.69) is 36.5 Å². The van der Waals surface area contributed by atoms with Crippen molar-refractivity contribution in [3.8, 4) is 11.1 Å². The molecule has 1 atom stereocenters. The van der Waals surface area contributed by atoms with E-state index >= 15 is 0 Å². The van der Waals surface area contributed by atoms with Gasteiger partial charge >= 0.3 is 5.97 Å². The second-order valence-electron chi connectivity index (χ2n) is 5.82. The van der Waals surface area contributed by atoms with Gasteiger partial charge in [0, 0.05) is 0 Å². The lowest BCUT2D eigenvalue weighted by Gasteiger charge is -2.14. The zero-order valence-corrected chi connectivity index (χ0v) is 13.7. The smallest absolute Gasteiger partial charge is 0.321 e. The van der Waals surface area contributed by atoms with Crippen LogP contribution in [0.4, 0.5) is 0 Å². The lowest BCUT2D eigenvalue weighted by Crippen LogP contribution is -2.39. The van der Waals surface area contributed by atoms with Crippen LogP contribution in [0.15, 0.2) is 54.6 Å². The highest BCUT2D eigenvalue weighted by Gasteiger charge is 2.16. The van der Waals surface area contributed by atoms with Gasteiger partial charge in [-0.1, -0.05) is 74.4 Å². The average Bonchev–Trinajstić information content (AvgIpc) is 2.59. The monoisotopic (exact) mass is 311 g/mol. The fraction of sp³-hybridized carbons (Fsp3) is 0.350.